The highest BCUT2D eigenvalue weighted by Crippen LogP contribution is 2.02. The van der Waals surface area contributed by atoms with Crippen LogP contribution in [0.15, 0.2) is 24.3 Å². The van der Waals surface area contributed by atoms with Crippen LogP contribution in [0.5, 0.6) is 0 Å². The van der Waals surface area contributed by atoms with Gasteiger partial charge in [-0.15, -0.1) is 11.6 Å². The third-order valence-electron chi connectivity index (χ3n) is 1.44. The number of benzene rings is 1. The summed E-state index contributed by atoms with van der Waals surface area (Å²) >= 11 is 5.47. The second-order valence-electron chi connectivity index (χ2n) is 2.43. The Morgan fingerprint density at radius 3 is 2.77 bits per heavy atom. The Morgan fingerprint density at radius 2 is 2.08 bits per heavy atom. The summed E-state index contributed by atoms with van der Waals surface area (Å²) in [5, 5.41) is 8.61. The van der Waals surface area contributed by atoms with Crippen molar-refractivity contribution in [3.05, 3.63) is 35.4 Å². The van der Waals surface area contributed by atoms with Gasteiger partial charge in [0.25, 0.3) is 0 Å². The molecule has 1 nitrogen and oxygen atoms in total. The van der Waals surface area contributed by atoms with Crippen molar-refractivity contribution in [3.63, 3.8) is 0 Å². The molecule has 0 unspecified atom stereocenters. The predicted octanol–water partition coefficient (Wildman–Crippen LogP) is 2.54. The smallest absolute Gasteiger partial charge is 0.0992 e. The van der Waals surface area contributed by atoms with Crippen LogP contribution in [-0.2, 0) is 0 Å². The number of halogens is 1. The lowest BCUT2D eigenvalue weighted by atomic mass is 10.1. The van der Waals surface area contributed by atoms with Crippen molar-refractivity contribution in [2.24, 2.45) is 0 Å². The average molecular weight is 190 g/mol. The molecular formula is C11H8ClN. The lowest BCUT2D eigenvalue weighted by Crippen LogP contribution is -1.77. The molecular weight excluding hydrogens is 182 g/mol. The molecule has 0 heterocycles. The van der Waals surface area contributed by atoms with Crippen LogP contribution >= 0.6 is 11.6 Å². The van der Waals surface area contributed by atoms with E-state index in [2.05, 4.69) is 17.9 Å². The van der Waals surface area contributed by atoms with Gasteiger partial charge in [-0.3, -0.25) is 0 Å². The SMILES string of the molecule is N#Cc1cccc(C#CCCCl)c1. The summed E-state index contributed by atoms with van der Waals surface area (Å²) in [6, 6.07) is 9.29. The molecule has 0 aromatic heterocycles. The van der Waals surface area contributed by atoms with Gasteiger partial charge in [-0.25, -0.2) is 0 Å². The summed E-state index contributed by atoms with van der Waals surface area (Å²) in [7, 11) is 0. The van der Waals surface area contributed by atoms with Crippen LogP contribution in [-0.4, -0.2) is 5.88 Å². The fourth-order valence-corrected chi connectivity index (χ4v) is 0.973. The van der Waals surface area contributed by atoms with Gasteiger partial charge in [-0.1, -0.05) is 17.9 Å². The largest absolute Gasteiger partial charge is 0.192 e. The van der Waals surface area contributed by atoms with E-state index in [9.17, 15) is 0 Å². The van der Waals surface area contributed by atoms with Crippen molar-refractivity contribution >= 4 is 11.6 Å². The zero-order chi connectivity index (χ0) is 9.52. The lowest BCUT2D eigenvalue weighted by molar-refractivity contribution is 1.29. The number of hydrogen-bond donors (Lipinski definition) is 0. The minimum Gasteiger partial charge on any atom is -0.192 e. The molecule has 0 radical (unpaired) electrons. The first-order chi connectivity index (χ1) is 6.36. The molecule has 0 saturated carbocycles. The van der Waals surface area contributed by atoms with Crippen molar-refractivity contribution in [2.75, 3.05) is 5.88 Å². The molecule has 1 aromatic carbocycles. The Hall–Kier alpha value is -1.44. The monoisotopic (exact) mass is 189 g/mol. The summed E-state index contributed by atoms with van der Waals surface area (Å²) in [5.41, 5.74) is 1.50. The molecule has 1 aromatic rings. The van der Waals surface area contributed by atoms with E-state index in [-0.39, 0.29) is 0 Å². The number of alkyl halides is 1. The number of nitrogens with zero attached hydrogens (tertiary/aromatic N) is 1. The van der Waals surface area contributed by atoms with Crippen LogP contribution in [0.4, 0.5) is 0 Å². The predicted molar refractivity (Wildman–Crippen MR) is 53.4 cm³/mol. The van der Waals surface area contributed by atoms with Gasteiger partial charge >= 0.3 is 0 Å². The summed E-state index contributed by atoms with van der Waals surface area (Å²) in [5.74, 6) is 6.39. The highest BCUT2D eigenvalue weighted by Gasteiger charge is 1.89. The van der Waals surface area contributed by atoms with Gasteiger partial charge in [0, 0.05) is 17.9 Å². The maximum Gasteiger partial charge on any atom is 0.0992 e. The summed E-state index contributed by atoms with van der Waals surface area (Å²) in [6.45, 7) is 0. The van der Waals surface area contributed by atoms with Crippen LogP contribution in [0.2, 0.25) is 0 Å². The zero-order valence-electron chi connectivity index (χ0n) is 7.05. The second-order valence-corrected chi connectivity index (χ2v) is 2.81. The molecule has 0 saturated heterocycles. The first kappa shape index (κ1) is 9.65. The molecule has 0 amide bonds. The standard InChI is InChI=1S/C11H8ClN/c12-7-2-1-4-10-5-3-6-11(8-10)9-13/h3,5-6,8H,2,7H2. The first-order valence-corrected chi connectivity index (χ1v) is 4.45. The fourth-order valence-electron chi connectivity index (χ4n) is 0.878. The number of rotatable bonds is 1. The van der Waals surface area contributed by atoms with Crippen molar-refractivity contribution in [1.82, 2.24) is 0 Å². The van der Waals surface area contributed by atoms with Gasteiger partial charge in [-0.2, -0.15) is 5.26 Å². The molecule has 0 aliphatic heterocycles. The normalized spacial score (nSPS) is 8.31. The van der Waals surface area contributed by atoms with Crippen LogP contribution in [0.25, 0.3) is 0 Å². The Kier molecular flexibility index (Phi) is 3.89. The second kappa shape index (κ2) is 5.25. The van der Waals surface area contributed by atoms with Crippen LogP contribution < -0.4 is 0 Å². The molecule has 1 rings (SSSR count). The van der Waals surface area contributed by atoms with Gasteiger partial charge in [0.05, 0.1) is 11.6 Å². The molecule has 0 N–H and O–H groups in total. The zero-order valence-corrected chi connectivity index (χ0v) is 7.80. The van der Waals surface area contributed by atoms with E-state index in [1.807, 2.05) is 12.1 Å². The molecule has 0 aliphatic rings. The van der Waals surface area contributed by atoms with E-state index >= 15 is 0 Å². The van der Waals surface area contributed by atoms with Gasteiger partial charge in [0.2, 0.25) is 0 Å². The van der Waals surface area contributed by atoms with Crippen molar-refractivity contribution in [3.8, 4) is 17.9 Å². The van der Waals surface area contributed by atoms with Crippen LogP contribution in [0.1, 0.15) is 17.5 Å². The molecule has 13 heavy (non-hydrogen) atoms. The Labute approximate surface area is 83.0 Å². The molecule has 0 spiro atoms. The van der Waals surface area contributed by atoms with E-state index < -0.39 is 0 Å². The molecule has 0 fully saturated rings. The van der Waals surface area contributed by atoms with Gasteiger partial charge in [-0.05, 0) is 18.2 Å². The van der Waals surface area contributed by atoms with Crippen LogP contribution in [0.3, 0.4) is 0 Å². The van der Waals surface area contributed by atoms with Crippen molar-refractivity contribution in [1.29, 1.82) is 5.26 Å². The topological polar surface area (TPSA) is 23.8 Å². The lowest BCUT2D eigenvalue weighted by Gasteiger charge is -1.89. The minimum absolute atomic E-state index is 0.547. The van der Waals surface area contributed by atoms with E-state index in [4.69, 9.17) is 16.9 Å². The third-order valence-corrected chi connectivity index (χ3v) is 1.63. The Morgan fingerprint density at radius 1 is 1.31 bits per heavy atom. The van der Waals surface area contributed by atoms with Gasteiger partial charge in [0.15, 0.2) is 0 Å². The quantitative estimate of drug-likeness (QED) is 0.492. The molecule has 2 heteroatoms. The number of hydrogen-bond acceptors (Lipinski definition) is 1. The third kappa shape index (κ3) is 3.20. The highest BCUT2D eigenvalue weighted by atomic mass is 35.5. The Bertz CT molecular complexity index is 379. The molecule has 64 valence electrons. The van der Waals surface area contributed by atoms with E-state index in [0.717, 1.165) is 5.56 Å². The molecule has 0 aliphatic carbocycles. The summed E-state index contributed by atoms with van der Waals surface area (Å²) in [4.78, 5) is 0. The van der Waals surface area contributed by atoms with E-state index in [1.165, 1.54) is 0 Å². The van der Waals surface area contributed by atoms with Gasteiger partial charge < -0.3 is 0 Å². The fraction of sp³-hybridized carbons (Fsp3) is 0.182. The van der Waals surface area contributed by atoms with Gasteiger partial charge in [0.1, 0.15) is 0 Å². The maximum atomic E-state index is 8.61. The maximum absolute atomic E-state index is 8.61. The minimum atomic E-state index is 0.547. The van der Waals surface area contributed by atoms with Crippen molar-refractivity contribution in [2.45, 2.75) is 6.42 Å². The summed E-state index contributed by atoms with van der Waals surface area (Å²) in [6.07, 6.45) is 0.679. The summed E-state index contributed by atoms with van der Waals surface area (Å²) < 4.78 is 0. The van der Waals surface area contributed by atoms with Crippen LogP contribution in [0, 0.1) is 23.2 Å². The van der Waals surface area contributed by atoms with E-state index in [0.29, 0.717) is 17.9 Å². The van der Waals surface area contributed by atoms with Crippen molar-refractivity contribution < 1.29 is 0 Å². The average Bonchev–Trinajstić information content (AvgIpc) is 2.19. The number of nitriles is 1. The highest BCUT2D eigenvalue weighted by molar-refractivity contribution is 6.18. The molecule has 0 atom stereocenters. The Balaban J connectivity index is 2.81. The van der Waals surface area contributed by atoms with E-state index in [1.54, 1.807) is 12.1 Å². The first-order valence-electron chi connectivity index (χ1n) is 3.92. The molecule has 0 bridgehead atoms.